The van der Waals surface area contributed by atoms with E-state index in [0.717, 1.165) is 5.56 Å². The number of hydrogen-bond acceptors (Lipinski definition) is 4. The zero-order valence-electron chi connectivity index (χ0n) is 9.32. The van der Waals surface area contributed by atoms with Crippen molar-refractivity contribution < 1.29 is 19.7 Å². The van der Waals surface area contributed by atoms with Crippen molar-refractivity contribution in [1.82, 2.24) is 4.90 Å². The van der Waals surface area contributed by atoms with Crippen molar-refractivity contribution in [2.45, 2.75) is 18.7 Å². The quantitative estimate of drug-likeness (QED) is 0.793. The molecule has 1 aromatic rings. The van der Waals surface area contributed by atoms with Gasteiger partial charge in [0.25, 0.3) is 0 Å². The molecule has 17 heavy (non-hydrogen) atoms. The van der Waals surface area contributed by atoms with E-state index in [-0.39, 0.29) is 13.2 Å². The van der Waals surface area contributed by atoms with Crippen LogP contribution in [0.3, 0.4) is 0 Å². The number of nitrogens with zero attached hydrogens (tertiary/aromatic N) is 1. The van der Waals surface area contributed by atoms with Gasteiger partial charge in [-0.1, -0.05) is 30.3 Å². The molecule has 2 unspecified atom stereocenters. The van der Waals surface area contributed by atoms with Crippen molar-refractivity contribution in [3.63, 3.8) is 0 Å². The minimum atomic E-state index is -0.967. The Morgan fingerprint density at radius 2 is 2.12 bits per heavy atom. The fourth-order valence-electron chi connectivity index (χ4n) is 1.87. The lowest BCUT2D eigenvalue weighted by molar-refractivity contribution is 0.0350. The van der Waals surface area contributed by atoms with Crippen LogP contribution < -0.4 is 0 Å². The van der Waals surface area contributed by atoms with Crippen molar-refractivity contribution in [3.8, 4) is 0 Å². The Morgan fingerprint density at radius 1 is 1.41 bits per heavy atom. The summed E-state index contributed by atoms with van der Waals surface area (Å²) in [6, 6.07) is 8.98. The SMILES string of the molecule is O=C1OCC(C(O)CO)N1Cc1ccccc1. The third kappa shape index (κ3) is 2.57. The molecule has 1 aliphatic rings. The number of carbonyl (C=O) groups is 1. The van der Waals surface area contributed by atoms with Crippen LogP contribution in [0.15, 0.2) is 30.3 Å². The van der Waals surface area contributed by atoms with Gasteiger partial charge in [0, 0.05) is 6.54 Å². The van der Waals surface area contributed by atoms with Crippen molar-refractivity contribution in [1.29, 1.82) is 0 Å². The number of ether oxygens (including phenoxy) is 1. The monoisotopic (exact) mass is 237 g/mol. The van der Waals surface area contributed by atoms with Gasteiger partial charge in [-0.05, 0) is 5.56 Å². The molecule has 2 rings (SSSR count). The summed E-state index contributed by atoms with van der Waals surface area (Å²) < 4.78 is 4.89. The van der Waals surface area contributed by atoms with E-state index < -0.39 is 18.2 Å². The highest BCUT2D eigenvalue weighted by Crippen LogP contribution is 2.18. The predicted octanol–water partition coefficient (Wildman–Crippen LogP) is 0.361. The van der Waals surface area contributed by atoms with Crippen LogP contribution in [0.25, 0.3) is 0 Å². The van der Waals surface area contributed by atoms with Crippen LogP contribution in [-0.4, -0.2) is 46.6 Å². The molecule has 0 aliphatic carbocycles. The van der Waals surface area contributed by atoms with Gasteiger partial charge in [-0.15, -0.1) is 0 Å². The summed E-state index contributed by atoms with van der Waals surface area (Å²) in [6.45, 7) is 0.112. The third-order valence-electron chi connectivity index (χ3n) is 2.84. The van der Waals surface area contributed by atoms with E-state index in [2.05, 4.69) is 0 Å². The lowest BCUT2D eigenvalue weighted by Gasteiger charge is -2.24. The van der Waals surface area contributed by atoms with E-state index in [1.165, 1.54) is 4.90 Å². The molecule has 2 N–H and O–H groups in total. The Kier molecular flexibility index (Phi) is 3.61. The van der Waals surface area contributed by atoms with E-state index in [0.29, 0.717) is 6.54 Å². The Hall–Kier alpha value is -1.59. The normalized spacial score (nSPS) is 21.4. The molecule has 5 nitrogen and oxygen atoms in total. The van der Waals surface area contributed by atoms with Crippen molar-refractivity contribution in [3.05, 3.63) is 35.9 Å². The molecule has 0 radical (unpaired) electrons. The largest absolute Gasteiger partial charge is 0.447 e. The van der Waals surface area contributed by atoms with Crippen LogP contribution >= 0.6 is 0 Å². The average Bonchev–Trinajstić information content (AvgIpc) is 2.72. The maximum atomic E-state index is 11.5. The molecule has 0 spiro atoms. The Morgan fingerprint density at radius 3 is 2.76 bits per heavy atom. The molecule has 0 aromatic heterocycles. The van der Waals surface area contributed by atoms with Gasteiger partial charge in [0.2, 0.25) is 0 Å². The van der Waals surface area contributed by atoms with Gasteiger partial charge >= 0.3 is 6.09 Å². The predicted molar refractivity (Wildman–Crippen MR) is 60.2 cm³/mol. The van der Waals surface area contributed by atoms with Gasteiger partial charge in [-0.2, -0.15) is 0 Å². The van der Waals surface area contributed by atoms with E-state index in [1.807, 2.05) is 30.3 Å². The highest BCUT2D eigenvalue weighted by atomic mass is 16.6. The lowest BCUT2D eigenvalue weighted by atomic mass is 10.1. The molecule has 5 heteroatoms. The third-order valence-corrected chi connectivity index (χ3v) is 2.84. The summed E-state index contributed by atoms with van der Waals surface area (Å²) in [6.07, 6.45) is -1.42. The van der Waals surface area contributed by atoms with Gasteiger partial charge in [-0.3, -0.25) is 4.90 Å². The summed E-state index contributed by atoms with van der Waals surface area (Å²) in [7, 11) is 0. The van der Waals surface area contributed by atoms with Crippen LogP contribution in [-0.2, 0) is 11.3 Å². The highest BCUT2D eigenvalue weighted by molar-refractivity contribution is 5.70. The summed E-state index contributed by atoms with van der Waals surface area (Å²) in [5.74, 6) is 0. The molecule has 0 saturated carbocycles. The van der Waals surface area contributed by atoms with Crippen LogP contribution in [0.4, 0.5) is 4.79 Å². The number of carbonyl (C=O) groups excluding carboxylic acids is 1. The maximum absolute atomic E-state index is 11.5. The van der Waals surface area contributed by atoms with Crippen molar-refractivity contribution in [2.75, 3.05) is 13.2 Å². The zero-order chi connectivity index (χ0) is 12.3. The molecule has 0 bridgehead atoms. The minimum Gasteiger partial charge on any atom is -0.447 e. The first-order valence-corrected chi connectivity index (χ1v) is 5.48. The number of aliphatic hydroxyl groups is 2. The molecule has 1 heterocycles. The zero-order valence-corrected chi connectivity index (χ0v) is 9.32. The van der Waals surface area contributed by atoms with Gasteiger partial charge in [-0.25, -0.2) is 4.79 Å². The van der Waals surface area contributed by atoms with E-state index in [4.69, 9.17) is 9.84 Å². The molecule has 1 aromatic carbocycles. The first kappa shape index (κ1) is 11.9. The van der Waals surface area contributed by atoms with Crippen LogP contribution in [0.2, 0.25) is 0 Å². The summed E-state index contributed by atoms with van der Waals surface area (Å²) in [4.78, 5) is 13.0. The second-order valence-corrected chi connectivity index (χ2v) is 4.01. The minimum absolute atomic E-state index is 0.118. The molecule has 1 aliphatic heterocycles. The first-order chi connectivity index (χ1) is 8.22. The number of hydrogen-bond donors (Lipinski definition) is 2. The number of aliphatic hydroxyl groups excluding tert-OH is 2. The van der Waals surface area contributed by atoms with Crippen LogP contribution in [0, 0.1) is 0 Å². The first-order valence-electron chi connectivity index (χ1n) is 5.48. The van der Waals surface area contributed by atoms with Gasteiger partial charge in [0.05, 0.1) is 12.6 Å². The topological polar surface area (TPSA) is 70.0 Å². The Balaban J connectivity index is 2.09. The molecule has 2 atom stereocenters. The fourth-order valence-corrected chi connectivity index (χ4v) is 1.87. The van der Waals surface area contributed by atoms with Crippen molar-refractivity contribution >= 4 is 6.09 Å². The van der Waals surface area contributed by atoms with Crippen molar-refractivity contribution in [2.24, 2.45) is 0 Å². The number of benzene rings is 1. The van der Waals surface area contributed by atoms with E-state index in [1.54, 1.807) is 0 Å². The van der Waals surface area contributed by atoms with Gasteiger partial charge < -0.3 is 14.9 Å². The number of cyclic esters (lactones) is 1. The van der Waals surface area contributed by atoms with Gasteiger partial charge in [0.15, 0.2) is 0 Å². The van der Waals surface area contributed by atoms with Gasteiger partial charge in [0.1, 0.15) is 12.7 Å². The molecule has 1 amide bonds. The van der Waals surface area contributed by atoms with E-state index >= 15 is 0 Å². The Bertz CT molecular complexity index is 381. The molecular formula is C12H15NO4. The number of amides is 1. The molecule has 1 fully saturated rings. The van der Waals surface area contributed by atoms with Crippen LogP contribution in [0.5, 0.6) is 0 Å². The smallest absolute Gasteiger partial charge is 0.410 e. The fraction of sp³-hybridized carbons (Fsp3) is 0.417. The summed E-state index contributed by atoms with van der Waals surface area (Å²) >= 11 is 0. The highest BCUT2D eigenvalue weighted by Gasteiger charge is 2.37. The number of rotatable bonds is 4. The molecular weight excluding hydrogens is 222 g/mol. The second kappa shape index (κ2) is 5.16. The maximum Gasteiger partial charge on any atom is 0.410 e. The lowest BCUT2D eigenvalue weighted by Crippen LogP contribution is -2.43. The average molecular weight is 237 g/mol. The standard InChI is InChI=1S/C12H15NO4/c14-7-11(15)10-8-17-12(16)13(10)6-9-4-2-1-3-5-9/h1-5,10-11,14-15H,6-8H2. The second-order valence-electron chi connectivity index (χ2n) is 4.01. The molecule has 92 valence electrons. The summed E-state index contributed by atoms with van der Waals surface area (Å²) in [5, 5.41) is 18.5. The van der Waals surface area contributed by atoms with E-state index in [9.17, 15) is 9.90 Å². The van der Waals surface area contributed by atoms with Crippen LogP contribution in [0.1, 0.15) is 5.56 Å². The summed E-state index contributed by atoms with van der Waals surface area (Å²) in [5.41, 5.74) is 0.960. The Labute approximate surface area is 99.2 Å². The molecule has 1 saturated heterocycles.